The first kappa shape index (κ1) is 15.3. The Bertz CT molecular complexity index is 669. The van der Waals surface area contributed by atoms with E-state index in [9.17, 15) is 4.79 Å². The van der Waals surface area contributed by atoms with Gasteiger partial charge in [-0.15, -0.1) is 10.2 Å². The highest BCUT2D eigenvalue weighted by Gasteiger charge is 2.27. The fourth-order valence-electron chi connectivity index (χ4n) is 2.70. The maximum absolute atomic E-state index is 12.4. The summed E-state index contributed by atoms with van der Waals surface area (Å²) in [4.78, 5) is 14.5. The summed E-state index contributed by atoms with van der Waals surface area (Å²) >= 11 is 0. The molecule has 2 aromatic heterocycles. The number of ether oxygens (including phenoxy) is 1. The number of rotatable bonds is 4. The molecule has 3 heterocycles. The quantitative estimate of drug-likeness (QED) is 0.908. The summed E-state index contributed by atoms with van der Waals surface area (Å²) in [6, 6.07) is 5.43. The Kier molecular flexibility index (Phi) is 4.40. The third-order valence-electron chi connectivity index (χ3n) is 3.92. The molecule has 1 amide bonds. The Morgan fingerprint density at radius 1 is 1.35 bits per heavy atom. The molecule has 0 saturated carbocycles. The Labute approximate surface area is 134 Å². The molecule has 8 nitrogen and oxygen atoms in total. The summed E-state index contributed by atoms with van der Waals surface area (Å²) in [5, 5.41) is 15.2. The predicted octanol–water partition coefficient (Wildman–Crippen LogP) is 1.07. The molecule has 1 saturated heterocycles. The molecule has 3 rings (SSSR count). The van der Waals surface area contributed by atoms with Crippen LogP contribution in [0, 0.1) is 5.92 Å². The molecule has 0 spiro atoms. The van der Waals surface area contributed by atoms with Crippen molar-refractivity contribution in [1.29, 1.82) is 0 Å². The van der Waals surface area contributed by atoms with Crippen molar-refractivity contribution >= 4 is 17.5 Å². The number of nitrogens with one attached hydrogen (secondary N) is 1. The highest BCUT2D eigenvalue weighted by Crippen LogP contribution is 2.23. The average Bonchev–Trinajstić information content (AvgIpc) is 3.00. The molecular weight excluding hydrogens is 296 g/mol. The van der Waals surface area contributed by atoms with Crippen molar-refractivity contribution < 1.29 is 9.53 Å². The van der Waals surface area contributed by atoms with Gasteiger partial charge in [-0.3, -0.25) is 9.48 Å². The lowest BCUT2D eigenvalue weighted by atomic mass is 9.97. The highest BCUT2D eigenvalue weighted by atomic mass is 16.5. The largest absolute Gasteiger partial charge is 0.480 e. The van der Waals surface area contributed by atoms with Crippen molar-refractivity contribution in [1.82, 2.24) is 20.0 Å². The van der Waals surface area contributed by atoms with Crippen LogP contribution in [-0.4, -0.2) is 46.1 Å². The van der Waals surface area contributed by atoms with E-state index in [2.05, 4.69) is 25.5 Å². The molecule has 23 heavy (non-hydrogen) atoms. The Balaban J connectivity index is 1.63. The monoisotopic (exact) mass is 316 g/mol. The van der Waals surface area contributed by atoms with E-state index in [4.69, 9.17) is 4.74 Å². The van der Waals surface area contributed by atoms with Gasteiger partial charge in [0, 0.05) is 38.5 Å². The molecule has 0 aliphatic carbocycles. The average molecular weight is 316 g/mol. The molecule has 122 valence electrons. The van der Waals surface area contributed by atoms with Gasteiger partial charge in [0.15, 0.2) is 11.6 Å². The lowest BCUT2D eigenvalue weighted by Crippen LogP contribution is -2.41. The van der Waals surface area contributed by atoms with Gasteiger partial charge in [0.05, 0.1) is 13.0 Å². The number of carbonyl (C=O) groups is 1. The first-order valence-electron chi connectivity index (χ1n) is 7.59. The molecule has 2 aromatic rings. The van der Waals surface area contributed by atoms with Gasteiger partial charge in [-0.2, -0.15) is 5.10 Å². The number of nitrogens with zero attached hydrogens (tertiary/aromatic N) is 5. The summed E-state index contributed by atoms with van der Waals surface area (Å²) in [5.41, 5.74) is 0. The van der Waals surface area contributed by atoms with Crippen LogP contribution in [0.25, 0.3) is 0 Å². The van der Waals surface area contributed by atoms with Crippen LogP contribution in [0.1, 0.15) is 12.8 Å². The molecule has 8 heteroatoms. The van der Waals surface area contributed by atoms with Crippen molar-refractivity contribution in [3.05, 3.63) is 24.4 Å². The zero-order chi connectivity index (χ0) is 16.2. The number of hydrogen-bond donors (Lipinski definition) is 1. The summed E-state index contributed by atoms with van der Waals surface area (Å²) < 4.78 is 6.68. The number of methoxy groups -OCH3 is 1. The number of amides is 1. The van der Waals surface area contributed by atoms with Crippen molar-refractivity contribution in [3.8, 4) is 5.88 Å². The third-order valence-corrected chi connectivity index (χ3v) is 3.92. The number of aromatic nitrogens is 4. The van der Waals surface area contributed by atoms with Crippen molar-refractivity contribution in [2.45, 2.75) is 12.8 Å². The van der Waals surface area contributed by atoms with Gasteiger partial charge in [0.25, 0.3) is 0 Å². The van der Waals surface area contributed by atoms with Crippen molar-refractivity contribution in [2.24, 2.45) is 13.0 Å². The van der Waals surface area contributed by atoms with E-state index in [1.807, 2.05) is 13.1 Å². The van der Waals surface area contributed by atoms with E-state index < -0.39 is 0 Å². The molecule has 0 aromatic carbocycles. The molecule has 0 radical (unpaired) electrons. The molecule has 1 atom stereocenters. The van der Waals surface area contributed by atoms with Crippen molar-refractivity contribution in [3.63, 3.8) is 0 Å². The lowest BCUT2D eigenvalue weighted by Gasteiger charge is -2.32. The van der Waals surface area contributed by atoms with Gasteiger partial charge in [0.2, 0.25) is 11.8 Å². The van der Waals surface area contributed by atoms with E-state index in [1.54, 1.807) is 30.1 Å². The number of piperidine rings is 1. The number of aryl methyl sites for hydroxylation is 1. The van der Waals surface area contributed by atoms with Gasteiger partial charge < -0.3 is 15.0 Å². The topological polar surface area (TPSA) is 85.2 Å². The van der Waals surface area contributed by atoms with Crippen LogP contribution < -0.4 is 15.0 Å². The Hall–Kier alpha value is -2.64. The maximum atomic E-state index is 12.4. The summed E-state index contributed by atoms with van der Waals surface area (Å²) in [5.74, 6) is 1.74. The second-order valence-corrected chi connectivity index (χ2v) is 5.58. The van der Waals surface area contributed by atoms with E-state index in [1.165, 1.54) is 0 Å². The van der Waals surface area contributed by atoms with Crippen molar-refractivity contribution in [2.75, 3.05) is 30.4 Å². The Morgan fingerprint density at radius 3 is 2.87 bits per heavy atom. The standard InChI is InChI=1S/C15H20N6O2/c1-20-9-7-12(19-20)16-15(22)11-4-3-8-21(10-11)13-5-6-14(23-2)18-17-13/h5-7,9,11H,3-4,8,10H2,1-2H3,(H,16,19,22)/t11-/m0/s1. The third kappa shape index (κ3) is 3.58. The van der Waals surface area contributed by atoms with Crippen LogP contribution in [0.4, 0.5) is 11.6 Å². The molecule has 1 aliphatic heterocycles. The summed E-state index contributed by atoms with van der Waals surface area (Å²) in [6.07, 6.45) is 3.60. The number of hydrogen-bond acceptors (Lipinski definition) is 6. The van der Waals surface area contributed by atoms with E-state index in [0.717, 1.165) is 25.2 Å². The van der Waals surface area contributed by atoms with Crippen LogP contribution >= 0.6 is 0 Å². The minimum Gasteiger partial charge on any atom is -0.480 e. The molecule has 0 unspecified atom stereocenters. The Morgan fingerprint density at radius 2 is 2.22 bits per heavy atom. The fourth-order valence-corrected chi connectivity index (χ4v) is 2.70. The van der Waals surface area contributed by atoms with Gasteiger partial charge in [-0.25, -0.2) is 0 Å². The van der Waals surface area contributed by atoms with E-state index in [-0.39, 0.29) is 11.8 Å². The normalized spacial score (nSPS) is 17.8. The van der Waals surface area contributed by atoms with Crippen LogP contribution in [0.5, 0.6) is 5.88 Å². The fraction of sp³-hybridized carbons (Fsp3) is 0.467. The zero-order valence-electron chi connectivity index (χ0n) is 13.3. The second kappa shape index (κ2) is 6.64. The maximum Gasteiger partial charge on any atom is 0.233 e. The highest BCUT2D eigenvalue weighted by molar-refractivity contribution is 5.92. The minimum atomic E-state index is -0.0883. The van der Waals surface area contributed by atoms with E-state index in [0.29, 0.717) is 18.2 Å². The second-order valence-electron chi connectivity index (χ2n) is 5.58. The smallest absolute Gasteiger partial charge is 0.233 e. The minimum absolute atomic E-state index is 0.00475. The molecule has 1 aliphatic rings. The summed E-state index contributed by atoms with van der Waals surface area (Å²) in [6.45, 7) is 1.49. The van der Waals surface area contributed by atoms with Crippen LogP contribution in [0.15, 0.2) is 24.4 Å². The molecule has 0 bridgehead atoms. The van der Waals surface area contributed by atoms with Crippen LogP contribution in [0.2, 0.25) is 0 Å². The first-order valence-corrected chi connectivity index (χ1v) is 7.59. The van der Waals surface area contributed by atoms with Crippen LogP contribution in [0.3, 0.4) is 0 Å². The lowest BCUT2D eigenvalue weighted by molar-refractivity contribution is -0.120. The van der Waals surface area contributed by atoms with Gasteiger partial charge in [-0.1, -0.05) is 0 Å². The molecule has 1 N–H and O–H groups in total. The zero-order valence-corrected chi connectivity index (χ0v) is 13.3. The molecular formula is C15H20N6O2. The number of anilines is 2. The SMILES string of the molecule is COc1ccc(N2CCC[C@H](C(=O)Nc3ccn(C)n3)C2)nn1. The van der Waals surface area contributed by atoms with Crippen LogP contribution in [-0.2, 0) is 11.8 Å². The molecule has 1 fully saturated rings. The summed E-state index contributed by atoms with van der Waals surface area (Å²) in [7, 11) is 3.38. The van der Waals surface area contributed by atoms with Gasteiger partial charge in [-0.05, 0) is 18.9 Å². The number of carbonyl (C=O) groups excluding carboxylic acids is 1. The predicted molar refractivity (Wildman–Crippen MR) is 85.4 cm³/mol. The van der Waals surface area contributed by atoms with Gasteiger partial charge in [0.1, 0.15) is 0 Å². The first-order chi connectivity index (χ1) is 11.2. The van der Waals surface area contributed by atoms with Gasteiger partial charge >= 0.3 is 0 Å². The van der Waals surface area contributed by atoms with E-state index >= 15 is 0 Å².